The van der Waals surface area contributed by atoms with Gasteiger partial charge >= 0.3 is 0 Å². The topological polar surface area (TPSA) is 51.4 Å². The third kappa shape index (κ3) is 3.25. The van der Waals surface area contributed by atoms with Gasteiger partial charge in [-0.25, -0.2) is 0 Å². The van der Waals surface area contributed by atoms with E-state index in [9.17, 15) is 0 Å². The normalized spacial score (nSPS) is 10.6. The molecule has 4 nitrogen and oxygen atoms in total. The fraction of sp³-hybridized carbons (Fsp3) is 0.667. The molecule has 0 spiro atoms. The van der Waals surface area contributed by atoms with Crippen LogP contribution in [-0.4, -0.2) is 37.4 Å². The number of thioether (sulfide) groups is 1. The number of nitrogen functional groups attached to an aromatic ring is 1. The van der Waals surface area contributed by atoms with Crippen LogP contribution in [0.4, 0.5) is 10.8 Å². The summed E-state index contributed by atoms with van der Waals surface area (Å²) in [6.45, 7) is 4.35. The van der Waals surface area contributed by atoms with Gasteiger partial charge in [0.2, 0.25) is 0 Å². The number of likely N-dealkylation sites (N-methyl/N-ethyl adjacent to an activating group) is 1. The lowest BCUT2D eigenvalue weighted by molar-refractivity contribution is 0.154. The zero-order valence-corrected chi connectivity index (χ0v) is 11.0. The van der Waals surface area contributed by atoms with Crippen LogP contribution in [0.25, 0.3) is 0 Å². The molecule has 0 atom stereocenters. The molecule has 1 aromatic rings. The minimum absolute atomic E-state index is 0.630. The molecule has 0 fully saturated rings. The molecule has 0 aliphatic carbocycles. The number of hydrogen-bond acceptors (Lipinski definition) is 6. The van der Waals surface area contributed by atoms with Crippen molar-refractivity contribution in [1.29, 1.82) is 0 Å². The molecule has 15 heavy (non-hydrogen) atoms. The van der Waals surface area contributed by atoms with Gasteiger partial charge in [-0.1, -0.05) is 0 Å². The first-order chi connectivity index (χ1) is 7.20. The minimum atomic E-state index is 0.630. The van der Waals surface area contributed by atoms with Crippen molar-refractivity contribution in [3.05, 3.63) is 0 Å². The van der Waals surface area contributed by atoms with Crippen LogP contribution in [0.15, 0.2) is 4.90 Å². The van der Waals surface area contributed by atoms with E-state index in [1.54, 1.807) is 11.8 Å². The van der Waals surface area contributed by atoms with E-state index in [1.165, 1.54) is 11.5 Å². The molecule has 2 N–H and O–H groups in total. The first-order valence-corrected chi connectivity index (χ1v) is 6.78. The van der Waals surface area contributed by atoms with Crippen LogP contribution in [0.1, 0.15) is 6.92 Å². The predicted molar refractivity (Wildman–Crippen MR) is 68.1 cm³/mol. The van der Waals surface area contributed by atoms with Crippen molar-refractivity contribution in [2.75, 3.05) is 43.7 Å². The monoisotopic (exact) mass is 247 g/mol. The Kier molecular flexibility index (Phi) is 5.21. The molecule has 0 aliphatic heterocycles. The van der Waals surface area contributed by atoms with Crippen molar-refractivity contribution in [3.63, 3.8) is 0 Å². The fourth-order valence-electron chi connectivity index (χ4n) is 1.17. The Balaban J connectivity index is 2.60. The van der Waals surface area contributed by atoms with Crippen molar-refractivity contribution >= 4 is 34.1 Å². The molecule has 1 aromatic heterocycles. The summed E-state index contributed by atoms with van der Waals surface area (Å²) in [4.78, 5) is 3.20. The maximum Gasteiger partial charge on any atom is 0.153 e. The molecule has 0 aliphatic rings. The highest BCUT2D eigenvalue weighted by atomic mass is 32.2. The average Bonchev–Trinajstić information content (AvgIpc) is 2.59. The lowest BCUT2D eigenvalue weighted by Gasteiger charge is -2.17. The summed E-state index contributed by atoms with van der Waals surface area (Å²) >= 11 is 3.08. The molecule has 0 bridgehead atoms. The van der Waals surface area contributed by atoms with Crippen LogP contribution in [0, 0.1) is 0 Å². The van der Waals surface area contributed by atoms with Crippen molar-refractivity contribution in [2.24, 2.45) is 0 Å². The van der Waals surface area contributed by atoms with E-state index in [1.807, 2.05) is 20.2 Å². The van der Waals surface area contributed by atoms with Crippen LogP contribution in [-0.2, 0) is 4.74 Å². The second kappa shape index (κ2) is 6.19. The van der Waals surface area contributed by atoms with Crippen LogP contribution >= 0.6 is 23.3 Å². The van der Waals surface area contributed by atoms with Gasteiger partial charge in [-0.05, 0) is 24.7 Å². The summed E-state index contributed by atoms with van der Waals surface area (Å²) in [5.41, 5.74) is 5.77. The third-order valence-corrected chi connectivity index (χ3v) is 3.90. The van der Waals surface area contributed by atoms with Gasteiger partial charge in [0.05, 0.1) is 11.5 Å². The van der Waals surface area contributed by atoms with Crippen molar-refractivity contribution < 1.29 is 4.74 Å². The van der Waals surface area contributed by atoms with Gasteiger partial charge in [0.25, 0.3) is 0 Å². The molecule has 0 amide bonds. The maximum absolute atomic E-state index is 5.77. The third-order valence-electron chi connectivity index (χ3n) is 1.98. The maximum atomic E-state index is 5.77. The summed E-state index contributed by atoms with van der Waals surface area (Å²) in [5.74, 6) is 0.630. The van der Waals surface area contributed by atoms with E-state index < -0.39 is 0 Å². The Hall–Kier alpha value is -0.460. The van der Waals surface area contributed by atoms with Gasteiger partial charge in [-0.2, -0.15) is 4.37 Å². The summed E-state index contributed by atoms with van der Waals surface area (Å²) in [5, 5.41) is 1.12. The quantitative estimate of drug-likeness (QED) is 0.615. The van der Waals surface area contributed by atoms with E-state index in [4.69, 9.17) is 10.5 Å². The van der Waals surface area contributed by atoms with Gasteiger partial charge in [-0.15, -0.1) is 11.8 Å². The molecule has 0 saturated heterocycles. The molecule has 1 heterocycles. The fourth-order valence-corrected chi connectivity index (χ4v) is 2.87. The smallest absolute Gasteiger partial charge is 0.153 e. The van der Waals surface area contributed by atoms with Gasteiger partial charge in [0, 0.05) is 20.2 Å². The van der Waals surface area contributed by atoms with E-state index >= 15 is 0 Å². The SMILES string of the molecule is CCOCCN(C)c1snc(N)c1SC. The lowest BCUT2D eigenvalue weighted by atomic mass is 10.5. The molecule has 6 heteroatoms. The second-order valence-electron chi connectivity index (χ2n) is 3.02. The Morgan fingerprint density at radius 3 is 2.93 bits per heavy atom. The zero-order valence-electron chi connectivity index (χ0n) is 9.32. The van der Waals surface area contributed by atoms with E-state index in [0.29, 0.717) is 5.82 Å². The highest BCUT2D eigenvalue weighted by Crippen LogP contribution is 2.36. The van der Waals surface area contributed by atoms with Crippen molar-refractivity contribution in [1.82, 2.24) is 4.37 Å². The molecular formula is C9H17N3OS2. The minimum Gasteiger partial charge on any atom is -0.382 e. The standard InChI is InChI=1S/C9H17N3OS2/c1-4-13-6-5-12(2)9-7(14-3)8(10)11-15-9/h4-6H2,1-3H3,(H2,10,11). The highest BCUT2D eigenvalue weighted by molar-refractivity contribution is 7.99. The van der Waals surface area contributed by atoms with Gasteiger partial charge in [0.15, 0.2) is 5.82 Å². The lowest BCUT2D eigenvalue weighted by Crippen LogP contribution is -2.22. The molecule has 0 unspecified atom stereocenters. The Bertz CT molecular complexity index is 304. The zero-order chi connectivity index (χ0) is 11.3. The predicted octanol–water partition coefficient (Wildman–Crippen LogP) is 1.92. The molecule has 0 saturated carbocycles. The number of rotatable bonds is 6. The Morgan fingerprint density at radius 1 is 1.60 bits per heavy atom. The van der Waals surface area contributed by atoms with Gasteiger partial charge in [0.1, 0.15) is 5.00 Å². The number of aromatic nitrogens is 1. The van der Waals surface area contributed by atoms with E-state index in [2.05, 4.69) is 9.27 Å². The number of anilines is 2. The molecule has 0 radical (unpaired) electrons. The number of ether oxygens (including phenoxy) is 1. The Labute approximate surface area is 99.0 Å². The van der Waals surface area contributed by atoms with Crippen LogP contribution in [0.2, 0.25) is 0 Å². The van der Waals surface area contributed by atoms with Crippen molar-refractivity contribution in [3.8, 4) is 0 Å². The second-order valence-corrected chi connectivity index (χ2v) is 4.59. The molecular weight excluding hydrogens is 230 g/mol. The molecule has 86 valence electrons. The summed E-state index contributed by atoms with van der Waals surface area (Å²) < 4.78 is 9.46. The molecule has 1 rings (SSSR count). The molecule has 0 aromatic carbocycles. The highest BCUT2D eigenvalue weighted by Gasteiger charge is 2.13. The largest absolute Gasteiger partial charge is 0.382 e. The van der Waals surface area contributed by atoms with Crippen LogP contribution in [0.5, 0.6) is 0 Å². The summed E-state index contributed by atoms with van der Waals surface area (Å²) in [6.07, 6.45) is 2.01. The first-order valence-electron chi connectivity index (χ1n) is 4.78. The first kappa shape index (κ1) is 12.6. The van der Waals surface area contributed by atoms with E-state index in [0.717, 1.165) is 29.7 Å². The number of nitrogens with two attached hydrogens (primary N) is 1. The van der Waals surface area contributed by atoms with Gasteiger partial charge in [-0.3, -0.25) is 0 Å². The number of hydrogen-bond donors (Lipinski definition) is 1. The summed E-state index contributed by atoms with van der Waals surface area (Å²) in [7, 11) is 2.03. The average molecular weight is 247 g/mol. The van der Waals surface area contributed by atoms with Gasteiger partial charge < -0.3 is 15.4 Å². The van der Waals surface area contributed by atoms with Crippen LogP contribution in [0.3, 0.4) is 0 Å². The van der Waals surface area contributed by atoms with Crippen LogP contribution < -0.4 is 10.6 Å². The Morgan fingerprint density at radius 2 is 2.33 bits per heavy atom. The summed E-state index contributed by atoms with van der Waals surface area (Å²) in [6, 6.07) is 0. The van der Waals surface area contributed by atoms with E-state index in [-0.39, 0.29) is 0 Å². The number of nitrogens with zero attached hydrogens (tertiary/aromatic N) is 2. The van der Waals surface area contributed by atoms with Crippen molar-refractivity contribution in [2.45, 2.75) is 11.8 Å².